The second-order valence-corrected chi connectivity index (χ2v) is 13.4. The second-order valence-electron chi connectivity index (χ2n) is 7.37. The molecular formula is C19H23IO2Si. The van der Waals surface area contributed by atoms with Gasteiger partial charge in [-0.25, -0.2) is 0 Å². The van der Waals surface area contributed by atoms with E-state index < -0.39 is 8.07 Å². The van der Waals surface area contributed by atoms with Crippen LogP contribution in [0.5, 0.6) is 0 Å². The molecule has 2 bridgehead atoms. The smallest absolute Gasteiger partial charge is 0.144 e. The molecule has 0 aromatic heterocycles. The fourth-order valence-electron chi connectivity index (χ4n) is 4.48. The van der Waals surface area contributed by atoms with E-state index in [0.717, 1.165) is 19.1 Å². The number of fused-ring (bicyclic) bond motifs is 2. The van der Waals surface area contributed by atoms with Crippen molar-refractivity contribution in [3.63, 3.8) is 0 Å². The van der Waals surface area contributed by atoms with E-state index in [1.807, 2.05) is 0 Å². The molecule has 1 fully saturated rings. The molecule has 0 amide bonds. The molecule has 23 heavy (non-hydrogen) atoms. The molecule has 1 saturated carbocycles. The van der Waals surface area contributed by atoms with Crippen molar-refractivity contribution in [3.05, 3.63) is 40.0 Å². The van der Waals surface area contributed by atoms with E-state index in [9.17, 15) is 9.59 Å². The van der Waals surface area contributed by atoms with Crippen LogP contribution in [0.15, 0.2) is 40.0 Å². The van der Waals surface area contributed by atoms with Gasteiger partial charge in [-0.15, -0.1) is 0 Å². The molecule has 122 valence electrons. The number of rotatable bonds is 5. The number of hydrogen-bond donors (Lipinski definition) is 0. The molecule has 1 unspecified atom stereocenters. The highest BCUT2D eigenvalue weighted by Gasteiger charge is 2.54. The Hall–Kier alpha value is -0.753. The summed E-state index contributed by atoms with van der Waals surface area (Å²) in [4.78, 5) is 23.8. The molecule has 0 N–H and O–H groups in total. The molecular weight excluding hydrogens is 415 g/mol. The van der Waals surface area contributed by atoms with Crippen LogP contribution in [0, 0.1) is 17.8 Å². The van der Waals surface area contributed by atoms with E-state index in [1.165, 1.54) is 8.77 Å². The number of carbonyl (C=O) groups excluding carboxylic acids is 2. The summed E-state index contributed by atoms with van der Waals surface area (Å²) in [5.74, 6) is 0.932. The van der Waals surface area contributed by atoms with Gasteiger partial charge in [-0.05, 0) is 50.5 Å². The number of hydrogen-bond acceptors (Lipinski definition) is 2. The summed E-state index contributed by atoms with van der Waals surface area (Å²) in [5.41, 5.74) is 0.475. The normalized spacial score (nSPS) is 30.2. The molecule has 1 aromatic rings. The van der Waals surface area contributed by atoms with Crippen LogP contribution in [0.1, 0.15) is 19.3 Å². The number of allylic oxidation sites excluding steroid dienone is 2. The van der Waals surface area contributed by atoms with Gasteiger partial charge in [0.2, 0.25) is 0 Å². The maximum Gasteiger partial charge on any atom is 0.144 e. The van der Waals surface area contributed by atoms with E-state index in [4.69, 9.17) is 0 Å². The first-order valence-electron chi connectivity index (χ1n) is 8.37. The highest BCUT2D eigenvalue weighted by molar-refractivity contribution is 14.1. The number of ketones is 1. The van der Waals surface area contributed by atoms with Gasteiger partial charge in [0.1, 0.15) is 12.1 Å². The zero-order chi connectivity index (χ0) is 16.6. The Morgan fingerprint density at radius 1 is 1.26 bits per heavy atom. The molecule has 0 spiro atoms. The summed E-state index contributed by atoms with van der Waals surface area (Å²) in [6, 6.07) is 10.7. The van der Waals surface area contributed by atoms with Crippen LogP contribution in [0.25, 0.3) is 0 Å². The lowest BCUT2D eigenvalue weighted by Gasteiger charge is -2.36. The number of Topliss-reactive ketones (excluding diaryl/α,β-unsaturated/α-hetero) is 1. The lowest BCUT2D eigenvalue weighted by Crippen LogP contribution is -2.48. The predicted octanol–water partition coefficient (Wildman–Crippen LogP) is 4.11. The first-order valence-corrected chi connectivity index (χ1v) is 12.5. The average Bonchev–Trinajstić information content (AvgIpc) is 2.81. The van der Waals surface area contributed by atoms with E-state index in [1.54, 1.807) is 0 Å². The molecule has 4 heteroatoms. The van der Waals surface area contributed by atoms with Gasteiger partial charge in [-0.3, -0.25) is 4.79 Å². The summed E-state index contributed by atoms with van der Waals surface area (Å²) in [7, 11) is -1.73. The summed E-state index contributed by atoms with van der Waals surface area (Å²) >= 11 is 2.35. The second kappa shape index (κ2) is 6.63. The Balaban J connectivity index is 1.95. The van der Waals surface area contributed by atoms with Gasteiger partial charge >= 0.3 is 0 Å². The molecule has 2 aliphatic rings. The van der Waals surface area contributed by atoms with E-state index in [-0.39, 0.29) is 17.8 Å². The van der Waals surface area contributed by atoms with Crippen molar-refractivity contribution in [2.45, 2.75) is 37.9 Å². The standard InChI is InChI=1S/C19H23IO2Si/c1-23(2,14-8-4-3-5-9-14)17-12-15-16(20)11-13(7-6-10-21)18(17)19(15)22/h3-5,8-11,13,15,17-18H,6-7,12H2,1-2H3/t13-,15-,17+,18?/m1/s1. The Morgan fingerprint density at radius 2 is 1.96 bits per heavy atom. The fraction of sp³-hybridized carbons (Fsp3) is 0.474. The molecule has 0 heterocycles. The summed E-state index contributed by atoms with van der Waals surface area (Å²) in [6.45, 7) is 4.81. The van der Waals surface area contributed by atoms with Crippen molar-refractivity contribution in [1.82, 2.24) is 0 Å². The molecule has 2 nitrogen and oxygen atoms in total. The molecule has 0 saturated heterocycles. The first kappa shape index (κ1) is 17.1. The quantitative estimate of drug-likeness (QED) is 0.394. The topological polar surface area (TPSA) is 34.1 Å². The van der Waals surface area contributed by atoms with Crippen molar-refractivity contribution < 1.29 is 9.59 Å². The minimum atomic E-state index is -1.73. The maximum absolute atomic E-state index is 12.9. The largest absolute Gasteiger partial charge is 0.303 e. The minimum Gasteiger partial charge on any atom is -0.303 e. The third-order valence-corrected chi connectivity index (χ3v) is 11.2. The van der Waals surface area contributed by atoms with Gasteiger partial charge in [0, 0.05) is 18.3 Å². The molecule has 0 radical (unpaired) electrons. The molecule has 4 atom stereocenters. The fourth-order valence-corrected chi connectivity index (χ4v) is 9.12. The van der Waals surface area contributed by atoms with Crippen LogP contribution in [0.4, 0.5) is 0 Å². The van der Waals surface area contributed by atoms with Crippen LogP contribution >= 0.6 is 22.6 Å². The van der Waals surface area contributed by atoms with E-state index in [0.29, 0.717) is 17.7 Å². The zero-order valence-electron chi connectivity index (χ0n) is 13.7. The summed E-state index contributed by atoms with van der Waals surface area (Å²) in [5, 5.41) is 1.44. The van der Waals surface area contributed by atoms with Gasteiger partial charge < -0.3 is 4.79 Å². The zero-order valence-corrected chi connectivity index (χ0v) is 16.8. The Morgan fingerprint density at radius 3 is 2.61 bits per heavy atom. The highest BCUT2D eigenvalue weighted by atomic mass is 127. The van der Waals surface area contributed by atoms with E-state index >= 15 is 0 Å². The lowest BCUT2D eigenvalue weighted by atomic mass is 9.81. The highest BCUT2D eigenvalue weighted by Crippen LogP contribution is 2.55. The number of carbonyl (C=O) groups is 2. The lowest BCUT2D eigenvalue weighted by molar-refractivity contribution is -0.124. The maximum atomic E-state index is 12.9. The van der Waals surface area contributed by atoms with Crippen LogP contribution in [0.2, 0.25) is 18.6 Å². The summed E-state index contributed by atoms with van der Waals surface area (Å²) < 4.78 is 1.21. The van der Waals surface area contributed by atoms with Crippen molar-refractivity contribution in [2.24, 2.45) is 17.8 Å². The predicted molar refractivity (Wildman–Crippen MR) is 105 cm³/mol. The number of benzene rings is 1. The van der Waals surface area contributed by atoms with Gasteiger partial charge in [0.15, 0.2) is 0 Å². The number of aldehydes is 1. The average molecular weight is 438 g/mol. The minimum absolute atomic E-state index is 0.119. The molecule has 1 aromatic carbocycles. The van der Waals surface area contributed by atoms with Crippen molar-refractivity contribution >= 4 is 47.9 Å². The molecule has 3 rings (SSSR count). The van der Waals surface area contributed by atoms with Gasteiger partial charge in [0.25, 0.3) is 0 Å². The SMILES string of the molecule is C[Si](C)(c1ccccc1)[C@H]1C[C@H]2C(=O)C1[C@H](CCC=O)C=C2I. The first-order chi connectivity index (χ1) is 11.0. The van der Waals surface area contributed by atoms with Crippen molar-refractivity contribution in [2.75, 3.05) is 0 Å². The monoisotopic (exact) mass is 438 g/mol. The Kier molecular flexibility index (Phi) is 4.92. The number of halogens is 1. The molecule has 2 aliphatic carbocycles. The van der Waals surface area contributed by atoms with Gasteiger partial charge in [-0.1, -0.05) is 54.7 Å². The Labute approximate surface area is 152 Å². The summed E-state index contributed by atoms with van der Waals surface area (Å²) in [6.07, 6.45) is 5.65. The van der Waals surface area contributed by atoms with Crippen LogP contribution in [-0.4, -0.2) is 20.1 Å². The molecule has 0 aliphatic heterocycles. The third-order valence-electron chi connectivity index (χ3n) is 5.83. The van der Waals surface area contributed by atoms with Gasteiger partial charge in [-0.2, -0.15) is 0 Å². The van der Waals surface area contributed by atoms with Crippen LogP contribution in [-0.2, 0) is 9.59 Å². The van der Waals surface area contributed by atoms with Crippen molar-refractivity contribution in [1.29, 1.82) is 0 Å². The third kappa shape index (κ3) is 3.00. The van der Waals surface area contributed by atoms with Crippen LogP contribution < -0.4 is 5.19 Å². The van der Waals surface area contributed by atoms with Crippen molar-refractivity contribution in [3.8, 4) is 0 Å². The van der Waals surface area contributed by atoms with E-state index in [2.05, 4.69) is 72.1 Å². The van der Waals surface area contributed by atoms with Gasteiger partial charge in [0.05, 0.1) is 8.07 Å². The Bertz CT molecular complexity index is 638. The van der Waals surface area contributed by atoms with Crippen LogP contribution in [0.3, 0.4) is 0 Å².